The summed E-state index contributed by atoms with van der Waals surface area (Å²) in [6, 6.07) is 0. The summed E-state index contributed by atoms with van der Waals surface area (Å²) < 4.78 is 4.81. The topological polar surface area (TPSA) is 107 Å². The fourth-order valence-electron chi connectivity index (χ4n) is 1.67. The standard InChI is InChI=1S/C12H19N3O4/c1-3-19-10(16)7-5-4-6-9(15-18)11-8(2)13-12(17)14-11/h6,15,18H,3-5,7H2,1-2H3,(H2,13,14,17). The number of allylic oxidation sites excluding steroid dienone is 1. The van der Waals surface area contributed by atoms with Gasteiger partial charge in [-0.3, -0.25) is 15.5 Å². The number of rotatable bonds is 7. The fourth-order valence-corrected chi connectivity index (χ4v) is 1.67. The predicted octanol–water partition coefficient (Wildman–Crippen LogP) is 1.06. The van der Waals surface area contributed by atoms with E-state index in [2.05, 4.69) is 9.97 Å². The van der Waals surface area contributed by atoms with Gasteiger partial charge in [-0.15, -0.1) is 0 Å². The number of carbonyl (C=O) groups excluding carboxylic acids is 1. The molecule has 7 nitrogen and oxygen atoms in total. The quantitative estimate of drug-likeness (QED) is 0.336. The van der Waals surface area contributed by atoms with Crippen LogP contribution in [0.5, 0.6) is 0 Å². The molecule has 0 saturated carbocycles. The first-order valence-electron chi connectivity index (χ1n) is 6.13. The first kappa shape index (κ1) is 15.0. The van der Waals surface area contributed by atoms with Gasteiger partial charge in [0.2, 0.25) is 0 Å². The van der Waals surface area contributed by atoms with Crippen LogP contribution in [0.3, 0.4) is 0 Å². The maximum atomic E-state index is 11.1. The second-order valence-corrected chi connectivity index (χ2v) is 4.01. The molecule has 0 saturated heterocycles. The van der Waals surface area contributed by atoms with Crippen molar-refractivity contribution >= 4 is 11.7 Å². The first-order chi connectivity index (χ1) is 9.08. The van der Waals surface area contributed by atoms with Crippen molar-refractivity contribution in [3.63, 3.8) is 0 Å². The third kappa shape index (κ3) is 4.63. The van der Waals surface area contributed by atoms with E-state index in [1.54, 1.807) is 19.9 Å². The highest BCUT2D eigenvalue weighted by Gasteiger charge is 2.08. The van der Waals surface area contributed by atoms with E-state index in [1.165, 1.54) is 0 Å². The average molecular weight is 269 g/mol. The Bertz CT molecular complexity index is 501. The van der Waals surface area contributed by atoms with Crippen LogP contribution in [0.4, 0.5) is 0 Å². The zero-order valence-corrected chi connectivity index (χ0v) is 11.1. The van der Waals surface area contributed by atoms with Crippen molar-refractivity contribution in [3.8, 4) is 0 Å². The second kappa shape index (κ2) is 7.42. The molecular weight excluding hydrogens is 250 g/mol. The Labute approximate surface area is 110 Å². The van der Waals surface area contributed by atoms with Crippen LogP contribution in [-0.2, 0) is 9.53 Å². The number of ether oxygens (including phenoxy) is 1. The molecule has 106 valence electrons. The van der Waals surface area contributed by atoms with E-state index in [1.807, 2.05) is 5.48 Å². The number of hydrogen-bond donors (Lipinski definition) is 4. The van der Waals surface area contributed by atoms with Gasteiger partial charge >= 0.3 is 11.7 Å². The van der Waals surface area contributed by atoms with E-state index in [0.717, 1.165) is 0 Å². The summed E-state index contributed by atoms with van der Waals surface area (Å²) in [5.41, 5.74) is 3.24. The highest BCUT2D eigenvalue weighted by Crippen LogP contribution is 2.12. The highest BCUT2D eigenvalue weighted by molar-refractivity contribution is 5.69. The lowest BCUT2D eigenvalue weighted by atomic mass is 10.2. The molecular formula is C12H19N3O4. The normalized spacial score (nSPS) is 11.4. The molecule has 0 aliphatic carbocycles. The lowest BCUT2D eigenvalue weighted by Crippen LogP contribution is -2.09. The van der Waals surface area contributed by atoms with Crippen LogP contribution in [0.2, 0.25) is 0 Å². The first-order valence-corrected chi connectivity index (χ1v) is 6.13. The van der Waals surface area contributed by atoms with E-state index in [9.17, 15) is 9.59 Å². The maximum absolute atomic E-state index is 11.1. The molecule has 1 aromatic rings. The van der Waals surface area contributed by atoms with Crippen LogP contribution in [0, 0.1) is 6.92 Å². The summed E-state index contributed by atoms with van der Waals surface area (Å²) >= 11 is 0. The molecule has 0 aromatic carbocycles. The molecule has 0 radical (unpaired) electrons. The van der Waals surface area contributed by atoms with Gasteiger partial charge in [0.25, 0.3) is 0 Å². The van der Waals surface area contributed by atoms with Crippen molar-refractivity contribution < 1.29 is 14.7 Å². The minimum atomic E-state index is -0.333. The molecule has 0 fully saturated rings. The van der Waals surface area contributed by atoms with Crippen LogP contribution in [0.15, 0.2) is 10.9 Å². The Hall–Kier alpha value is -2.02. The number of carbonyl (C=O) groups is 1. The summed E-state index contributed by atoms with van der Waals surface area (Å²) in [6.45, 7) is 3.86. The zero-order valence-electron chi connectivity index (χ0n) is 11.1. The number of unbranched alkanes of at least 4 members (excludes halogenated alkanes) is 1. The Balaban J connectivity index is 2.56. The van der Waals surface area contributed by atoms with Gasteiger partial charge in [-0.2, -0.15) is 0 Å². The second-order valence-electron chi connectivity index (χ2n) is 4.01. The molecule has 1 heterocycles. The monoisotopic (exact) mass is 269 g/mol. The molecule has 0 unspecified atom stereocenters. The van der Waals surface area contributed by atoms with Crippen LogP contribution >= 0.6 is 0 Å². The largest absolute Gasteiger partial charge is 0.466 e. The molecule has 0 aliphatic rings. The van der Waals surface area contributed by atoms with E-state index in [0.29, 0.717) is 43.0 Å². The predicted molar refractivity (Wildman–Crippen MR) is 69.5 cm³/mol. The van der Waals surface area contributed by atoms with E-state index < -0.39 is 0 Å². The SMILES string of the molecule is CCOC(=O)CCCC=C(NO)c1[nH]c(=O)[nH]c1C. The van der Waals surface area contributed by atoms with Crippen molar-refractivity contribution in [3.05, 3.63) is 27.9 Å². The minimum absolute atomic E-state index is 0.236. The highest BCUT2D eigenvalue weighted by atomic mass is 16.5. The molecule has 0 atom stereocenters. The van der Waals surface area contributed by atoms with E-state index in [-0.39, 0.29) is 11.7 Å². The number of imidazole rings is 1. The average Bonchev–Trinajstić information content (AvgIpc) is 2.69. The smallest absolute Gasteiger partial charge is 0.323 e. The Morgan fingerprint density at radius 3 is 2.74 bits per heavy atom. The van der Waals surface area contributed by atoms with Crippen molar-refractivity contribution in [2.45, 2.75) is 33.1 Å². The third-order valence-electron chi connectivity index (χ3n) is 2.54. The number of aromatic amines is 2. The molecule has 0 bridgehead atoms. The van der Waals surface area contributed by atoms with Crippen LogP contribution in [0.25, 0.3) is 5.70 Å². The molecule has 0 aliphatic heterocycles. The lowest BCUT2D eigenvalue weighted by molar-refractivity contribution is -0.143. The van der Waals surface area contributed by atoms with Gasteiger partial charge in [0.15, 0.2) is 0 Å². The maximum Gasteiger partial charge on any atom is 0.323 e. The molecule has 1 rings (SSSR count). The van der Waals surface area contributed by atoms with Crippen molar-refractivity contribution in [2.24, 2.45) is 0 Å². The van der Waals surface area contributed by atoms with Crippen molar-refractivity contribution in [2.75, 3.05) is 6.61 Å². The Morgan fingerprint density at radius 1 is 1.47 bits per heavy atom. The van der Waals surface area contributed by atoms with Gasteiger partial charge in [0.05, 0.1) is 18.0 Å². The summed E-state index contributed by atoms with van der Waals surface area (Å²) in [5, 5.41) is 9.06. The summed E-state index contributed by atoms with van der Waals surface area (Å²) in [7, 11) is 0. The molecule has 0 spiro atoms. The number of aryl methyl sites for hydroxylation is 1. The van der Waals surface area contributed by atoms with Gasteiger partial charge in [-0.1, -0.05) is 6.08 Å². The summed E-state index contributed by atoms with van der Waals surface area (Å²) in [6.07, 6.45) is 3.23. The fraction of sp³-hybridized carbons (Fsp3) is 0.500. The summed E-state index contributed by atoms with van der Waals surface area (Å²) in [4.78, 5) is 27.4. The molecule has 19 heavy (non-hydrogen) atoms. The van der Waals surface area contributed by atoms with Crippen LogP contribution in [-0.4, -0.2) is 27.8 Å². The number of aromatic nitrogens is 2. The molecule has 4 N–H and O–H groups in total. The van der Waals surface area contributed by atoms with E-state index in [4.69, 9.17) is 9.94 Å². The van der Waals surface area contributed by atoms with Gasteiger partial charge in [-0.25, -0.2) is 4.79 Å². The Kier molecular flexibility index (Phi) is 5.87. The number of hydroxylamine groups is 1. The van der Waals surface area contributed by atoms with Crippen molar-refractivity contribution in [1.29, 1.82) is 0 Å². The van der Waals surface area contributed by atoms with Crippen LogP contribution < -0.4 is 11.2 Å². The van der Waals surface area contributed by atoms with Gasteiger partial charge in [-0.05, 0) is 26.7 Å². The minimum Gasteiger partial charge on any atom is -0.466 e. The van der Waals surface area contributed by atoms with Gasteiger partial charge in [0.1, 0.15) is 0 Å². The van der Waals surface area contributed by atoms with E-state index >= 15 is 0 Å². The van der Waals surface area contributed by atoms with Gasteiger partial charge in [0, 0.05) is 12.1 Å². The molecule has 1 aromatic heterocycles. The lowest BCUT2D eigenvalue weighted by Gasteiger charge is -2.04. The molecule has 0 amide bonds. The number of H-pyrrole nitrogens is 2. The van der Waals surface area contributed by atoms with Crippen molar-refractivity contribution in [1.82, 2.24) is 15.4 Å². The Morgan fingerprint density at radius 2 is 2.21 bits per heavy atom. The number of esters is 1. The molecule has 7 heteroatoms. The number of nitrogens with one attached hydrogen (secondary N) is 3. The van der Waals surface area contributed by atoms with Gasteiger partial charge < -0.3 is 14.7 Å². The zero-order chi connectivity index (χ0) is 14.3. The third-order valence-corrected chi connectivity index (χ3v) is 2.54. The number of hydrogen-bond acceptors (Lipinski definition) is 5. The summed E-state index contributed by atoms with van der Waals surface area (Å²) in [5.74, 6) is -0.236. The van der Waals surface area contributed by atoms with Crippen LogP contribution in [0.1, 0.15) is 37.6 Å².